The van der Waals surface area contributed by atoms with E-state index in [0.29, 0.717) is 5.69 Å². The summed E-state index contributed by atoms with van der Waals surface area (Å²) in [5, 5.41) is 0. The molecule has 0 aromatic heterocycles. The molecule has 11 heavy (non-hydrogen) atoms. The van der Waals surface area contributed by atoms with Crippen LogP contribution in [-0.2, 0) is 11.1 Å². The van der Waals surface area contributed by atoms with Gasteiger partial charge in [0, 0.05) is 0 Å². The molecule has 0 amide bonds. The average Bonchev–Trinajstić information content (AvgIpc) is 1.85. The second-order valence-electron chi connectivity index (χ2n) is 2.29. The molecular weight excluding hydrogens is 162 g/mol. The summed E-state index contributed by atoms with van der Waals surface area (Å²) in [5.41, 5.74) is 6.82. The summed E-state index contributed by atoms with van der Waals surface area (Å²) in [6.45, 7) is 1.88. The number of nitrogen functional groups attached to an aromatic ring is 1. The molecule has 0 fully saturated rings. The van der Waals surface area contributed by atoms with Crippen molar-refractivity contribution in [2.75, 3.05) is 5.73 Å². The lowest BCUT2D eigenvalue weighted by Crippen LogP contribution is -1.96. The second-order valence-corrected chi connectivity index (χ2v) is 3.23. The Morgan fingerprint density at radius 1 is 1.55 bits per heavy atom. The van der Waals surface area contributed by atoms with E-state index in [1.165, 1.54) is 0 Å². The van der Waals surface area contributed by atoms with Crippen LogP contribution in [0, 0.1) is 6.92 Å². The van der Waals surface area contributed by atoms with Crippen LogP contribution in [0.25, 0.3) is 0 Å². The molecule has 1 atom stereocenters. The van der Waals surface area contributed by atoms with Crippen molar-refractivity contribution < 1.29 is 8.76 Å². The fraction of sp³-hybridized carbons (Fsp3) is 0.143. The van der Waals surface area contributed by atoms with Crippen LogP contribution in [0.2, 0.25) is 0 Å². The summed E-state index contributed by atoms with van der Waals surface area (Å²) in [5.74, 6) is 0. The Labute approximate surface area is 67.5 Å². The summed E-state index contributed by atoms with van der Waals surface area (Å²) >= 11 is -1.97. The highest BCUT2D eigenvalue weighted by molar-refractivity contribution is 7.79. The van der Waals surface area contributed by atoms with Gasteiger partial charge in [0.2, 0.25) is 0 Å². The van der Waals surface area contributed by atoms with Crippen LogP contribution in [0.3, 0.4) is 0 Å². The van der Waals surface area contributed by atoms with E-state index in [1.54, 1.807) is 18.2 Å². The zero-order valence-electron chi connectivity index (χ0n) is 6.07. The minimum Gasteiger partial charge on any atom is -0.398 e. The highest BCUT2D eigenvalue weighted by Crippen LogP contribution is 2.16. The first-order valence-electron chi connectivity index (χ1n) is 3.08. The van der Waals surface area contributed by atoms with Crippen LogP contribution < -0.4 is 5.73 Å². The van der Waals surface area contributed by atoms with E-state index in [1.807, 2.05) is 6.92 Å². The molecule has 0 bridgehead atoms. The summed E-state index contributed by atoms with van der Waals surface area (Å²) in [6.07, 6.45) is 0. The molecule has 0 aliphatic heterocycles. The normalized spacial score (nSPS) is 12.9. The number of anilines is 1. The van der Waals surface area contributed by atoms with E-state index < -0.39 is 11.1 Å². The van der Waals surface area contributed by atoms with Gasteiger partial charge in [-0.3, -0.25) is 0 Å². The molecule has 1 aromatic carbocycles. The van der Waals surface area contributed by atoms with Gasteiger partial charge in [-0.1, -0.05) is 6.07 Å². The van der Waals surface area contributed by atoms with Crippen molar-refractivity contribution in [3.63, 3.8) is 0 Å². The first kappa shape index (κ1) is 8.23. The topological polar surface area (TPSA) is 63.3 Å². The van der Waals surface area contributed by atoms with Crippen molar-refractivity contribution in [2.45, 2.75) is 11.8 Å². The summed E-state index contributed by atoms with van der Waals surface area (Å²) in [7, 11) is 0. The summed E-state index contributed by atoms with van der Waals surface area (Å²) < 4.78 is 19.3. The van der Waals surface area contributed by atoms with Gasteiger partial charge in [-0.25, -0.2) is 4.21 Å². The van der Waals surface area contributed by atoms with Gasteiger partial charge in [0.1, 0.15) is 0 Å². The average molecular weight is 171 g/mol. The fourth-order valence-electron chi connectivity index (χ4n) is 0.827. The van der Waals surface area contributed by atoms with Crippen molar-refractivity contribution in [3.8, 4) is 0 Å². The number of hydrogen-bond donors (Lipinski definition) is 2. The molecule has 1 rings (SSSR count). The van der Waals surface area contributed by atoms with Crippen molar-refractivity contribution in [1.82, 2.24) is 0 Å². The van der Waals surface area contributed by atoms with Gasteiger partial charge < -0.3 is 10.3 Å². The molecule has 1 aromatic rings. The molecule has 0 spiro atoms. The van der Waals surface area contributed by atoms with Gasteiger partial charge in [0.25, 0.3) is 0 Å². The Hall–Kier alpha value is -0.870. The molecule has 0 saturated heterocycles. The van der Waals surface area contributed by atoms with Crippen molar-refractivity contribution in [1.29, 1.82) is 0 Å². The van der Waals surface area contributed by atoms with Crippen LogP contribution in [0.15, 0.2) is 23.1 Å². The third-order valence-corrected chi connectivity index (χ3v) is 2.10. The Bertz CT molecular complexity index is 298. The maximum absolute atomic E-state index is 10.6. The fourth-order valence-corrected chi connectivity index (χ4v) is 1.27. The molecule has 1 unspecified atom stereocenters. The van der Waals surface area contributed by atoms with Crippen molar-refractivity contribution in [3.05, 3.63) is 23.8 Å². The zero-order chi connectivity index (χ0) is 8.43. The van der Waals surface area contributed by atoms with E-state index in [4.69, 9.17) is 10.3 Å². The van der Waals surface area contributed by atoms with E-state index >= 15 is 0 Å². The van der Waals surface area contributed by atoms with Crippen LogP contribution in [-0.4, -0.2) is 8.76 Å². The van der Waals surface area contributed by atoms with Crippen LogP contribution in [0.5, 0.6) is 0 Å². The number of benzene rings is 1. The van der Waals surface area contributed by atoms with Crippen molar-refractivity contribution >= 4 is 16.8 Å². The maximum Gasteiger partial charge on any atom is 0.188 e. The standard InChI is InChI=1S/C7H9NO2S/c1-5-2-3-7(11(9)10)6(8)4-5/h2-4H,8H2,1H3,(H,9,10). The largest absolute Gasteiger partial charge is 0.398 e. The minimum absolute atomic E-state index is 0.274. The van der Waals surface area contributed by atoms with Crippen LogP contribution in [0.1, 0.15) is 5.56 Å². The van der Waals surface area contributed by atoms with Gasteiger partial charge in [-0.05, 0) is 24.6 Å². The Kier molecular flexibility index (Phi) is 2.26. The molecule has 0 saturated carbocycles. The van der Waals surface area contributed by atoms with Gasteiger partial charge in [0.05, 0.1) is 10.6 Å². The number of hydrogen-bond acceptors (Lipinski definition) is 2. The quantitative estimate of drug-likeness (QED) is 0.492. The van der Waals surface area contributed by atoms with E-state index in [0.717, 1.165) is 5.56 Å². The van der Waals surface area contributed by atoms with Crippen LogP contribution >= 0.6 is 0 Å². The Morgan fingerprint density at radius 2 is 2.18 bits per heavy atom. The molecule has 0 aliphatic carbocycles. The summed E-state index contributed by atoms with van der Waals surface area (Å²) in [6, 6.07) is 4.98. The highest BCUT2D eigenvalue weighted by Gasteiger charge is 2.03. The van der Waals surface area contributed by atoms with Gasteiger partial charge >= 0.3 is 0 Å². The zero-order valence-corrected chi connectivity index (χ0v) is 6.89. The first-order valence-corrected chi connectivity index (χ1v) is 4.19. The number of aryl methyl sites for hydroxylation is 1. The monoisotopic (exact) mass is 171 g/mol. The van der Waals surface area contributed by atoms with E-state index in [-0.39, 0.29) is 4.90 Å². The molecule has 0 aliphatic rings. The van der Waals surface area contributed by atoms with Gasteiger partial charge in [-0.2, -0.15) is 0 Å². The van der Waals surface area contributed by atoms with Gasteiger partial charge in [-0.15, -0.1) is 0 Å². The van der Waals surface area contributed by atoms with E-state index in [9.17, 15) is 4.21 Å². The predicted molar refractivity (Wildman–Crippen MR) is 44.6 cm³/mol. The van der Waals surface area contributed by atoms with Gasteiger partial charge in [0.15, 0.2) is 11.1 Å². The third kappa shape index (κ3) is 1.78. The highest BCUT2D eigenvalue weighted by atomic mass is 32.2. The summed E-state index contributed by atoms with van der Waals surface area (Å²) in [4.78, 5) is 0.274. The third-order valence-electron chi connectivity index (χ3n) is 1.35. The van der Waals surface area contributed by atoms with Crippen molar-refractivity contribution in [2.24, 2.45) is 0 Å². The lowest BCUT2D eigenvalue weighted by Gasteiger charge is -2.00. The maximum atomic E-state index is 10.6. The number of nitrogens with two attached hydrogens (primary N) is 1. The molecule has 0 radical (unpaired) electrons. The molecule has 60 valence electrons. The molecule has 0 heterocycles. The lowest BCUT2D eigenvalue weighted by molar-refractivity contribution is 0.565. The first-order chi connectivity index (χ1) is 5.11. The predicted octanol–water partition coefficient (Wildman–Crippen LogP) is 1.16. The van der Waals surface area contributed by atoms with Crippen LogP contribution in [0.4, 0.5) is 5.69 Å². The minimum atomic E-state index is -1.97. The Morgan fingerprint density at radius 3 is 2.64 bits per heavy atom. The molecular formula is C7H9NO2S. The smallest absolute Gasteiger partial charge is 0.188 e. The second kappa shape index (κ2) is 3.02. The number of rotatable bonds is 1. The van der Waals surface area contributed by atoms with E-state index in [2.05, 4.69) is 0 Å². The molecule has 4 heteroatoms. The molecule has 3 nitrogen and oxygen atoms in total. The SMILES string of the molecule is Cc1ccc(S(=O)O)c(N)c1. The lowest BCUT2D eigenvalue weighted by atomic mass is 10.2. The Balaban J connectivity index is 3.20. The molecule has 3 N–H and O–H groups in total.